The molecular weight excluding hydrogens is 174 g/mol. The number of hydrogen-bond acceptors (Lipinski definition) is 2. The molecule has 1 fully saturated rings. The average molecular weight is 191 g/mol. The van der Waals surface area contributed by atoms with Crippen LogP contribution in [0.4, 0.5) is 11.5 Å². The molecule has 3 heteroatoms. The van der Waals surface area contributed by atoms with Crippen molar-refractivity contribution in [3.05, 3.63) is 12.3 Å². The van der Waals surface area contributed by atoms with Crippen LogP contribution in [0.25, 0.3) is 0 Å². The van der Waals surface area contributed by atoms with Gasteiger partial charge in [0.25, 0.3) is 0 Å². The molecule has 0 bridgehead atoms. The van der Waals surface area contributed by atoms with Crippen molar-refractivity contribution in [3.63, 3.8) is 0 Å². The van der Waals surface area contributed by atoms with Gasteiger partial charge in [0.05, 0.1) is 11.2 Å². The first-order valence-electron chi connectivity index (χ1n) is 5.46. The molecule has 2 N–H and O–H groups in total. The molecule has 1 aliphatic carbocycles. The minimum atomic E-state index is 0.365. The fourth-order valence-corrected chi connectivity index (χ4v) is 2.97. The fourth-order valence-electron chi connectivity index (χ4n) is 2.97. The van der Waals surface area contributed by atoms with Gasteiger partial charge in [0.15, 0.2) is 0 Å². The molecule has 0 atom stereocenters. The third-order valence-electron chi connectivity index (χ3n) is 3.61. The third kappa shape index (κ3) is 1.04. The Morgan fingerprint density at radius 3 is 2.93 bits per heavy atom. The minimum Gasteiger partial charge on any atom is -0.375 e. The predicted octanol–water partition coefficient (Wildman–Crippen LogP) is 2.19. The summed E-state index contributed by atoms with van der Waals surface area (Å²) in [5.74, 6) is 1.24. The third-order valence-corrected chi connectivity index (χ3v) is 3.61. The zero-order valence-corrected chi connectivity index (χ0v) is 8.64. The molecule has 3 nitrogen and oxygen atoms in total. The SMILES string of the molecule is CN1CC2(CCCC2)Nc2cc[nH]c21. The summed E-state index contributed by atoms with van der Waals surface area (Å²) in [6.07, 6.45) is 7.41. The van der Waals surface area contributed by atoms with E-state index in [0.717, 1.165) is 6.54 Å². The minimum absolute atomic E-state index is 0.365. The summed E-state index contributed by atoms with van der Waals surface area (Å²) >= 11 is 0. The van der Waals surface area contributed by atoms with Gasteiger partial charge in [-0.25, -0.2) is 0 Å². The summed E-state index contributed by atoms with van der Waals surface area (Å²) < 4.78 is 0. The molecule has 1 spiro atoms. The molecule has 2 heterocycles. The summed E-state index contributed by atoms with van der Waals surface area (Å²) in [6.45, 7) is 1.14. The summed E-state index contributed by atoms with van der Waals surface area (Å²) in [7, 11) is 2.18. The van der Waals surface area contributed by atoms with Gasteiger partial charge < -0.3 is 15.2 Å². The highest BCUT2D eigenvalue weighted by Gasteiger charge is 2.38. The second-order valence-corrected chi connectivity index (χ2v) is 4.71. The Labute approximate surface area is 84.5 Å². The zero-order chi connectivity index (χ0) is 9.60. The van der Waals surface area contributed by atoms with Crippen molar-refractivity contribution >= 4 is 11.5 Å². The van der Waals surface area contributed by atoms with Gasteiger partial charge in [0.1, 0.15) is 5.82 Å². The van der Waals surface area contributed by atoms with E-state index in [2.05, 4.69) is 28.3 Å². The highest BCUT2D eigenvalue weighted by Crippen LogP contribution is 2.40. The van der Waals surface area contributed by atoms with Gasteiger partial charge >= 0.3 is 0 Å². The first kappa shape index (κ1) is 8.21. The number of H-pyrrole nitrogens is 1. The molecule has 1 saturated carbocycles. The number of anilines is 2. The van der Waals surface area contributed by atoms with Gasteiger partial charge in [-0.05, 0) is 18.9 Å². The molecule has 0 amide bonds. The molecule has 1 aromatic heterocycles. The standard InChI is InChI=1S/C11H17N3/c1-14-8-11(5-2-3-6-11)13-9-4-7-12-10(9)14/h4,7,12-13H,2-3,5-6,8H2,1H3. The normalized spacial score (nSPS) is 23.6. The second kappa shape index (κ2) is 2.69. The zero-order valence-electron chi connectivity index (χ0n) is 8.64. The number of nitrogens with one attached hydrogen (secondary N) is 2. The summed E-state index contributed by atoms with van der Waals surface area (Å²) in [5.41, 5.74) is 1.64. The van der Waals surface area contributed by atoms with Crippen molar-refractivity contribution in [2.24, 2.45) is 0 Å². The average Bonchev–Trinajstić information content (AvgIpc) is 2.75. The smallest absolute Gasteiger partial charge is 0.129 e. The first-order chi connectivity index (χ1) is 6.79. The Balaban J connectivity index is 1.96. The predicted molar refractivity (Wildman–Crippen MR) is 58.9 cm³/mol. The van der Waals surface area contributed by atoms with Crippen LogP contribution >= 0.6 is 0 Å². The van der Waals surface area contributed by atoms with Gasteiger partial charge in [0.2, 0.25) is 0 Å². The maximum absolute atomic E-state index is 3.71. The van der Waals surface area contributed by atoms with Crippen LogP contribution in [0, 0.1) is 0 Å². The molecule has 0 unspecified atom stereocenters. The van der Waals surface area contributed by atoms with Gasteiger partial charge in [-0.2, -0.15) is 0 Å². The molecule has 1 aromatic rings. The van der Waals surface area contributed by atoms with E-state index in [9.17, 15) is 0 Å². The largest absolute Gasteiger partial charge is 0.375 e. The van der Waals surface area contributed by atoms with Crippen LogP contribution in [0.3, 0.4) is 0 Å². The lowest BCUT2D eigenvalue weighted by molar-refractivity contribution is 0.471. The lowest BCUT2D eigenvalue weighted by Crippen LogP contribution is -2.49. The quantitative estimate of drug-likeness (QED) is 0.658. The monoisotopic (exact) mass is 191 g/mol. The van der Waals surface area contributed by atoms with Crippen molar-refractivity contribution in [2.45, 2.75) is 31.2 Å². The van der Waals surface area contributed by atoms with E-state index in [1.54, 1.807) is 0 Å². The number of rotatable bonds is 0. The van der Waals surface area contributed by atoms with Crippen LogP contribution in [-0.4, -0.2) is 24.1 Å². The van der Waals surface area contributed by atoms with E-state index >= 15 is 0 Å². The number of aromatic nitrogens is 1. The topological polar surface area (TPSA) is 31.1 Å². The van der Waals surface area contributed by atoms with Crippen LogP contribution in [-0.2, 0) is 0 Å². The Kier molecular flexibility index (Phi) is 1.58. The molecule has 2 aliphatic rings. The molecule has 0 radical (unpaired) electrons. The molecular formula is C11H17N3. The van der Waals surface area contributed by atoms with Crippen molar-refractivity contribution in [2.75, 3.05) is 23.8 Å². The summed E-state index contributed by atoms with van der Waals surface area (Å²) in [6, 6.07) is 2.14. The molecule has 0 saturated heterocycles. The number of fused-ring (bicyclic) bond motifs is 1. The van der Waals surface area contributed by atoms with Crippen LogP contribution in [0.1, 0.15) is 25.7 Å². The number of aromatic amines is 1. The van der Waals surface area contributed by atoms with E-state index in [-0.39, 0.29) is 0 Å². The lowest BCUT2D eigenvalue weighted by Gasteiger charge is -2.40. The maximum atomic E-state index is 3.71. The van der Waals surface area contributed by atoms with Crippen LogP contribution in [0.5, 0.6) is 0 Å². The number of hydrogen-bond donors (Lipinski definition) is 2. The number of nitrogens with zero attached hydrogens (tertiary/aromatic N) is 1. The first-order valence-corrected chi connectivity index (χ1v) is 5.46. The maximum Gasteiger partial charge on any atom is 0.129 e. The number of likely N-dealkylation sites (N-methyl/N-ethyl adjacent to an activating group) is 1. The van der Waals surface area contributed by atoms with Crippen molar-refractivity contribution < 1.29 is 0 Å². The lowest BCUT2D eigenvalue weighted by atomic mass is 9.94. The van der Waals surface area contributed by atoms with E-state index in [1.165, 1.54) is 37.2 Å². The fraction of sp³-hybridized carbons (Fsp3) is 0.636. The highest BCUT2D eigenvalue weighted by molar-refractivity contribution is 5.70. The van der Waals surface area contributed by atoms with Crippen LogP contribution in [0.2, 0.25) is 0 Å². The van der Waals surface area contributed by atoms with Gasteiger partial charge in [0, 0.05) is 19.8 Å². The van der Waals surface area contributed by atoms with Crippen molar-refractivity contribution in [1.82, 2.24) is 4.98 Å². The van der Waals surface area contributed by atoms with Gasteiger partial charge in [-0.1, -0.05) is 12.8 Å². The van der Waals surface area contributed by atoms with Gasteiger partial charge in [-0.15, -0.1) is 0 Å². The van der Waals surface area contributed by atoms with Crippen molar-refractivity contribution in [1.29, 1.82) is 0 Å². The van der Waals surface area contributed by atoms with E-state index < -0.39 is 0 Å². The van der Waals surface area contributed by atoms with Crippen LogP contribution < -0.4 is 10.2 Å². The van der Waals surface area contributed by atoms with Crippen molar-refractivity contribution in [3.8, 4) is 0 Å². The highest BCUT2D eigenvalue weighted by atomic mass is 15.3. The Hall–Kier alpha value is -1.12. The molecule has 14 heavy (non-hydrogen) atoms. The molecule has 76 valence electrons. The van der Waals surface area contributed by atoms with Gasteiger partial charge in [-0.3, -0.25) is 0 Å². The van der Waals surface area contributed by atoms with E-state index in [1.807, 2.05) is 6.20 Å². The van der Waals surface area contributed by atoms with E-state index in [0.29, 0.717) is 5.54 Å². The Morgan fingerprint density at radius 1 is 1.36 bits per heavy atom. The molecule has 3 rings (SSSR count). The second-order valence-electron chi connectivity index (χ2n) is 4.71. The Morgan fingerprint density at radius 2 is 2.14 bits per heavy atom. The molecule has 1 aliphatic heterocycles. The summed E-state index contributed by atoms with van der Waals surface area (Å²) in [4.78, 5) is 5.62. The summed E-state index contributed by atoms with van der Waals surface area (Å²) in [5, 5.41) is 3.71. The van der Waals surface area contributed by atoms with Crippen LogP contribution in [0.15, 0.2) is 12.3 Å². The van der Waals surface area contributed by atoms with E-state index in [4.69, 9.17) is 0 Å². The molecule has 0 aromatic carbocycles. The Bertz CT molecular complexity index is 336.